The summed E-state index contributed by atoms with van der Waals surface area (Å²) in [5.41, 5.74) is -2.84. The molecular weight excluding hydrogens is 519 g/mol. The van der Waals surface area contributed by atoms with Gasteiger partial charge in [-0.1, -0.05) is 12.1 Å². The molecular formula is C26H18F3N5O5. The van der Waals surface area contributed by atoms with Crippen molar-refractivity contribution in [1.29, 1.82) is 0 Å². The van der Waals surface area contributed by atoms with Gasteiger partial charge in [-0.3, -0.25) is 19.5 Å². The molecule has 0 aliphatic carbocycles. The van der Waals surface area contributed by atoms with Gasteiger partial charge < -0.3 is 4.74 Å². The van der Waals surface area contributed by atoms with Crippen LogP contribution >= 0.6 is 0 Å². The van der Waals surface area contributed by atoms with Gasteiger partial charge in [-0.2, -0.15) is 0 Å². The summed E-state index contributed by atoms with van der Waals surface area (Å²) in [4.78, 5) is 37.9. The molecule has 0 fully saturated rings. The van der Waals surface area contributed by atoms with E-state index in [4.69, 9.17) is 4.74 Å². The number of fused-ring (bicyclic) bond motifs is 1. The zero-order valence-electron chi connectivity index (χ0n) is 20.4. The van der Waals surface area contributed by atoms with E-state index < -0.39 is 51.4 Å². The third kappa shape index (κ3) is 4.13. The second-order valence-corrected chi connectivity index (χ2v) is 8.47. The van der Waals surface area contributed by atoms with Crippen LogP contribution in [0.4, 0.5) is 18.9 Å². The van der Waals surface area contributed by atoms with Crippen LogP contribution in [0.2, 0.25) is 0 Å². The first-order valence-electron chi connectivity index (χ1n) is 11.4. The molecule has 3 aromatic carbocycles. The SMILES string of the molecule is COc1cccc(-n2c(=O)c3c(C)n(-c4ccc([N+](=O)[O-])cc4)nc3n(Cc3c(F)cccc3F)c2=O)c1F. The topological polar surface area (TPSA) is 114 Å². The van der Waals surface area contributed by atoms with Crippen LogP contribution in [-0.4, -0.2) is 30.9 Å². The van der Waals surface area contributed by atoms with Crippen LogP contribution in [0.3, 0.4) is 0 Å². The summed E-state index contributed by atoms with van der Waals surface area (Å²) in [6.45, 7) is 0.833. The smallest absolute Gasteiger partial charge is 0.337 e. The van der Waals surface area contributed by atoms with Crippen LogP contribution in [0.15, 0.2) is 70.3 Å². The van der Waals surface area contributed by atoms with Gasteiger partial charge in [0.05, 0.1) is 35.6 Å². The minimum Gasteiger partial charge on any atom is -0.494 e. The molecule has 0 radical (unpaired) electrons. The molecule has 0 aliphatic heterocycles. The number of aromatic nitrogens is 4. The molecule has 2 aromatic heterocycles. The van der Waals surface area contributed by atoms with Crippen LogP contribution in [0.5, 0.6) is 5.75 Å². The average Bonchev–Trinajstić information content (AvgIpc) is 3.26. The Morgan fingerprint density at radius 3 is 2.23 bits per heavy atom. The Labute approximate surface area is 216 Å². The van der Waals surface area contributed by atoms with Crippen molar-refractivity contribution in [2.24, 2.45) is 0 Å². The first kappa shape index (κ1) is 25.4. The molecule has 39 heavy (non-hydrogen) atoms. The largest absolute Gasteiger partial charge is 0.494 e. The third-order valence-corrected chi connectivity index (χ3v) is 6.28. The molecule has 198 valence electrons. The fraction of sp³-hybridized carbons (Fsp3) is 0.115. The molecule has 0 unspecified atom stereocenters. The van der Waals surface area contributed by atoms with E-state index in [1.54, 1.807) is 0 Å². The monoisotopic (exact) mass is 537 g/mol. The number of nitrogens with zero attached hydrogens (tertiary/aromatic N) is 5. The van der Waals surface area contributed by atoms with E-state index in [1.807, 2.05) is 0 Å². The first-order chi connectivity index (χ1) is 18.6. The highest BCUT2D eigenvalue weighted by atomic mass is 19.1. The Morgan fingerprint density at radius 1 is 0.974 bits per heavy atom. The number of rotatable bonds is 6. The normalized spacial score (nSPS) is 11.2. The Kier molecular flexibility index (Phi) is 6.26. The predicted octanol–water partition coefficient (Wildman–Crippen LogP) is 4.03. The fourth-order valence-electron chi connectivity index (χ4n) is 4.33. The van der Waals surface area contributed by atoms with Crippen LogP contribution in [0.1, 0.15) is 11.3 Å². The fourth-order valence-corrected chi connectivity index (χ4v) is 4.33. The highest BCUT2D eigenvalue weighted by Gasteiger charge is 2.25. The molecule has 0 bridgehead atoms. The van der Waals surface area contributed by atoms with E-state index in [-0.39, 0.29) is 28.2 Å². The second-order valence-electron chi connectivity index (χ2n) is 8.47. The number of nitro groups is 1. The summed E-state index contributed by atoms with van der Waals surface area (Å²) in [5.74, 6) is -3.11. The van der Waals surface area contributed by atoms with E-state index in [0.29, 0.717) is 10.3 Å². The predicted molar refractivity (Wildman–Crippen MR) is 134 cm³/mol. The van der Waals surface area contributed by atoms with E-state index in [1.165, 1.54) is 61.2 Å². The van der Waals surface area contributed by atoms with Gasteiger partial charge in [0.1, 0.15) is 17.0 Å². The Morgan fingerprint density at radius 2 is 1.62 bits per heavy atom. The molecule has 0 spiro atoms. The molecule has 0 atom stereocenters. The molecule has 13 heteroatoms. The zero-order chi connectivity index (χ0) is 28.0. The number of aryl methyl sites for hydroxylation is 1. The molecule has 0 N–H and O–H groups in total. The Hall–Kier alpha value is -5.20. The maximum absolute atomic E-state index is 15.3. The third-order valence-electron chi connectivity index (χ3n) is 6.28. The lowest BCUT2D eigenvalue weighted by atomic mass is 10.2. The molecule has 0 saturated carbocycles. The first-order valence-corrected chi connectivity index (χ1v) is 11.4. The molecule has 0 aliphatic rings. The summed E-state index contributed by atoms with van der Waals surface area (Å²) >= 11 is 0. The van der Waals surface area contributed by atoms with Gasteiger partial charge in [0.2, 0.25) is 0 Å². The molecule has 2 heterocycles. The van der Waals surface area contributed by atoms with Crippen molar-refractivity contribution < 1.29 is 22.8 Å². The van der Waals surface area contributed by atoms with Crippen LogP contribution in [0.25, 0.3) is 22.4 Å². The van der Waals surface area contributed by atoms with Crippen molar-refractivity contribution in [2.75, 3.05) is 7.11 Å². The van der Waals surface area contributed by atoms with Crippen molar-refractivity contribution >= 4 is 16.7 Å². The summed E-state index contributed by atoms with van der Waals surface area (Å²) < 4.78 is 52.1. The maximum Gasteiger partial charge on any atom is 0.337 e. The number of ether oxygens (including phenoxy) is 1. The van der Waals surface area contributed by atoms with Crippen LogP contribution < -0.4 is 16.0 Å². The highest BCUT2D eigenvalue weighted by molar-refractivity contribution is 5.78. The van der Waals surface area contributed by atoms with Gasteiger partial charge in [-0.05, 0) is 43.3 Å². The minimum atomic E-state index is -1.10. The van der Waals surface area contributed by atoms with Crippen molar-refractivity contribution in [3.63, 3.8) is 0 Å². The van der Waals surface area contributed by atoms with Gasteiger partial charge >= 0.3 is 5.69 Å². The van der Waals surface area contributed by atoms with Gasteiger partial charge in [0, 0.05) is 17.7 Å². The number of non-ortho nitro benzene ring substituents is 1. The number of methoxy groups -OCH3 is 1. The molecule has 10 nitrogen and oxygen atoms in total. The van der Waals surface area contributed by atoms with Crippen LogP contribution in [-0.2, 0) is 6.54 Å². The van der Waals surface area contributed by atoms with E-state index in [9.17, 15) is 28.5 Å². The standard InChI is InChI=1S/C26H18F3N5O5/c1-14-22-24(30-33(14)15-9-11-16(12-10-15)34(37)38)31(13-17-18(27)5-3-6-19(17)28)26(36)32(25(22)35)20-7-4-8-21(39-2)23(20)29/h3-12H,13H2,1-2H3. The lowest BCUT2D eigenvalue weighted by Crippen LogP contribution is -2.40. The number of hydrogen-bond acceptors (Lipinski definition) is 6. The van der Waals surface area contributed by atoms with E-state index in [2.05, 4.69) is 5.10 Å². The van der Waals surface area contributed by atoms with Crippen molar-refractivity contribution in [1.82, 2.24) is 18.9 Å². The van der Waals surface area contributed by atoms with Gasteiger partial charge in [-0.25, -0.2) is 27.2 Å². The second kappa shape index (κ2) is 9.59. The number of nitro benzene ring substituents is 1. The summed E-state index contributed by atoms with van der Waals surface area (Å²) in [5, 5.41) is 15.3. The quantitative estimate of drug-likeness (QED) is 0.239. The van der Waals surface area contributed by atoms with Crippen molar-refractivity contribution in [2.45, 2.75) is 13.5 Å². The van der Waals surface area contributed by atoms with E-state index in [0.717, 1.165) is 22.8 Å². The summed E-state index contributed by atoms with van der Waals surface area (Å²) in [6.07, 6.45) is 0. The number of benzene rings is 3. The minimum absolute atomic E-state index is 0.132. The molecule has 0 saturated heterocycles. The Balaban J connectivity index is 1.86. The molecule has 5 rings (SSSR count). The maximum atomic E-state index is 15.3. The van der Waals surface area contributed by atoms with Crippen molar-refractivity contribution in [3.8, 4) is 17.1 Å². The molecule has 5 aromatic rings. The average molecular weight is 537 g/mol. The number of halogens is 3. The van der Waals surface area contributed by atoms with Crippen molar-refractivity contribution in [3.05, 3.63) is 120 Å². The Bertz CT molecular complexity index is 1870. The van der Waals surface area contributed by atoms with E-state index >= 15 is 4.39 Å². The summed E-state index contributed by atoms with van der Waals surface area (Å²) in [6, 6.07) is 12.3. The number of hydrogen-bond donors (Lipinski definition) is 0. The van der Waals surface area contributed by atoms with Gasteiger partial charge in [0.15, 0.2) is 17.2 Å². The highest BCUT2D eigenvalue weighted by Crippen LogP contribution is 2.25. The van der Waals surface area contributed by atoms with Gasteiger partial charge in [-0.15, -0.1) is 5.10 Å². The van der Waals surface area contributed by atoms with Gasteiger partial charge in [0.25, 0.3) is 11.2 Å². The van der Waals surface area contributed by atoms with Crippen LogP contribution in [0, 0.1) is 34.5 Å². The lowest BCUT2D eigenvalue weighted by Gasteiger charge is -2.14. The lowest BCUT2D eigenvalue weighted by molar-refractivity contribution is -0.384. The zero-order valence-corrected chi connectivity index (χ0v) is 20.4. The summed E-state index contributed by atoms with van der Waals surface area (Å²) in [7, 11) is 1.21. The molecule has 0 amide bonds.